The molecule has 3 heteroatoms. The molecule has 0 spiro atoms. The monoisotopic (exact) mass is 265 g/mol. The maximum Gasteiger partial charge on any atom is 0.126 e. The minimum absolute atomic E-state index is 0.143. The summed E-state index contributed by atoms with van der Waals surface area (Å²) in [6.45, 7) is 1.33. The van der Waals surface area contributed by atoms with Crippen LogP contribution in [-0.4, -0.2) is 24.3 Å². The van der Waals surface area contributed by atoms with Crippen LogP contribution in [0.25, 0.3) is 0 Å². The van der Waals surface area contributed by atoms with Crippen LogP contribution in [0.1, 0.15) is 37.7 Å². The Labute approximate surface area is 115 Å². The smallest absolute Gasteiger partial charge is 0.126 e. The lowest BCUT2D eigenvalue weighted by atomic mass is 10.00. The van der Waals surface area contributed by atoms with Crippen molar-refractivity contribution >= 4 is 0 Å². The summed E-state index contributed by atoms with van der Waals surface area (Å²) in [6, 6.07) is 6.86. The van der Waals surface area contributed by atoms with Crippen LogP contribution in [0.3, 0.4) is 0 Å². The molecule has 1 aromatic carbocycles. The normalized spacial score (nSPS) is 17.8. The van der Waals surface area contributed by atoms with Gasteiger partial charge < -0.3 is 10.4 Å². The highest BCUT2D eigenvalue weighted by atomic mass is 19.1. The summed E-state index contributed by atoms with van der Waals surface area (Å²) in [4.78, 5) is 0. The average molecular weight is 265 g/mol. The van der Waals surface area contributed by atoms with Gasteiger partial charge in [-0.2, -0.15) is 0 Å². The van der Waals surface area contributed by atoms with Crippen molar-refractivity contribution in [1.82, 2.24) is 5.32 Å². The van der Waals surface area contributed by atoms with Crippen LogP contribution in [0, 0.1) is 11.7 Å². The molecular weight excluding hydrogens is 241 g/mol. The van der Waals surface area contributed by atoms with Gasteiger partial charge in [0.1, 0.15) is 5.82 Å². The number of aliphatic hydroxyl groups excluding tert-OH is 1. The van der Waals surface area contributed by atoms with Gasteiger partial charge in [-0.05, 0) is 36.9 Å². The molecule has 19 heavy (non-hydrogen) atoms. The molecule has 1 aromatic rings. The molecule has 2 nitrogen and oxygen atoms in total. The molecule has 2 N–H and O–H groups in total. The van der Waals surface area contributed by atoms with Gasteiger partial charge in [0.15, 0.2) is 0 Å². The zero-order chi connectivity index (χ0) is 13.5. The topological polar surface area (TPSA) is 32.3 Å². The van der Waals surface area contributed by atoms with Gasteiger partial charge in [-0.3, -0.25) is 0 Å². The SMILES string of the molecule is OC(CNCCc1ccccc1F)CC1CCCC1. The van der Waals surface area contributed by atoms with E-state index in [-0.39, 0.29) is 11.9 Å². The molecule has 2 rings (SSSR count). The van der Waals surface area contributed by atoms with Crippen molar-refractivity contribution in [3.63, 3.8) is 0 Å². The fourth-order valence-electron chi connectivity index (χ4n) is 2.91. The molecule has 0 radical (unpaired) electrons. The Morgan fingerprint density at radius 1 is 1.26 bits per heavy atom. The summed E-state index contributed by atoms with van der Waals surface area (Å²) in [5, 5.41) is 13.1. The first-order chi connectivity index (χ1) is 9.25. The fourth-order valence-corrected chi connectivity index (χ4v) is 2.91. The molecule has 0 saturated heterocycles. The summed E-state index contributed by atoms with van der Waals surface area (Å²) < 4.78 is 13.4. The number of aliphatic hydroxyl groups is 1. The lowest BCUT2D eigenvalue weighted by molar-refractivity contribution is 0.141. The predicted molar refractivity (Wildman–Crippen MR) is 75.6 cm³/mol. The van der Waals surface area contributed by atoms with Crippen molar-refractivity contribution in [3.05, 3.63) is 35.6 Å². The second-order valence-electron chi connectivity index (χ2n) is 5.59. The third kappa shape index (κ3) is 4.92. The van der Waals surface area contributed by atoms with E-state index >= 15 is 0 Å². The van der Waals surface area contributed by atoms with Gasteiger partial charge in [-0.1, -0.05) is 43.9 Å². The van der Waals surface area contributed by atoms with E-state index in [1.807, 2.05) is 12.1 Å². The van der Waals surface area contributed by atoms with Crippen LogP contribution in [0.2, 0.25) is 0 Å². The van der Waals surface area contributed by atoms with Gasteiger partial charge in [0, 0.05) is 6.54 Å². The minimum atomic E-state index is -0.260. The Morgan fingerprint density at radius 2 is 2.00 bits per heavy atom. The number of hydrogen-bond acceptors (Lipinski definition) is 2. The molecule has 0 amide bonds. The fraction of sp³-hybridized carbons (Fsp3) is 0.625. The van der Waals surface area contributed by atoms with Crippen LogP contribution in [0.5, 0.6) is 0 Å². The molecule has 0 aliphatic heterocycles. The van der Waals surface area contributed by atoms with Crippen LogP contribution in [-0.2, 0) is 6.42 Å². The van der Waals surface area contributed by atoms with Crippen molar-refractivity contribution in [3.8, 4) is 0 Å². The maximum absolute atomic E-state index is 13.4. The van der Waals surface area contributed by atoms with Crippen LogP contribution >= 0.6 is 0 Å². The highest BCUT2D eigenvalue weighted by molar-refractivity contribution is 5.17. The zero-order valence-corrected chi connectivity index (χ0v) is 11.4. The molecule has 0 bridgehead atoms. The third-order valence-corrected chi connectivity index (χ3v) is 3.99. The van der Waals surface area contributed by atoms with Gasteiger partial charge in [0.05, 0.1) is 6.10 Å². The summed E-state index contributed by atoms with van der Waals surface area (Å²) in [5.41, 5.74) is 0.736. The maximum atomic E-state index is 13.4. The second-order valence-corrected chi connectivity index (χ2v) is 5.59. The van der Waals surface area contributed by atoms with Crippen LogP contribution in [0.15, 0.2) is 24.3 Å². The molecular formula is C16H24FNO. The van der Waals surface area contributed by atoms with Gasteiger partial charge in [0.25, 0.3) is 0 Å². The Balaban J connectivity index is 1.59. The van der Waals surface area contributed by atoms with E-state index in [0.717, 1.165) is 12.0 Å². The van der Waals surface area contributed by atoms with Crippen molar-refractivity contribution < 1.29 is 9.50 Å². The quantitative estimate of drug-likeness (QED) is 0.743. The van der Waals surface area contributed by atoms with E-state index in [4.69, 9.17) is 0 Å². The van der Waals surface area contributed by atoms with Crippen LogP contribution in [0.4, 0.5) is 4.39 Å². The lowest BCUT2D eigenvalue weighted by Gasteiger charge is -2.16. The summed E-state index contributed by atoms with van der Waals surface area (Å²) in [5.74, 6) is 0.569. The van der Waals surface area contributed by atoms with Gasteiger partial charge in [0.2, 0.25) is 0 Å². The molecule has 106 valence electrons. The molecule has 1 unspecified atom stereocenters. The zero-order valence-electron chi connectivity index (χ0n) is 11.4. The number of benzene rings is 1. The van der Waals surface area contributed by atoms with Crippen LogP contribution < -0.4 is 5.32 Å². The van der Waals surface area contributed by atoms with E-state index in [2.05, 4.69) is 5.32 Å². The van der Waals surface area contributed by atoms with E-state index in [9.17, 15) is 9.50 Å². The van der Waals surface area contributed by atoms with Crippen molar-refractivity contribution in [2.45, 2.75) is 44.6 Å². The molecule has 0 heterocycles. The number of nitrogens with one attached hydrogen (secondary N) is 1. The Kier molecular flexibility index (Phi) is 5.80. The highest BCUT2D eigenvalue weighted by Gasteiger charge is 2.18. The lowest BCUT2D eigenvalue weighted by Crippen LogP contribution is -2.29. The molecule has 1 atom stereocenters. The third-order valence-electron chi connectivity index (χ3n) is 3.99. The largest absolute Gasteiger partial charge is 0.392 e. The van der Waals surface area contributed by atoms with Crippen molar-refractivity contribution in [1.29, 1.82) is 0 Å². The molecule has 1 saturated carbocycles. The molecule has 1 aliphatic rings. The van der Waals surface area contributed by atoms with Crippen molar-refractivity contribution in [2.24, 2.45) is 5.92 Å². The van der Waals surface area contributed by atoms with Gasteiger partial charge in [-0.15, -0.1) is 0 Å². The summed E-state index contributed by atoms with van der Waals surface area (Å²) >= 11 is 0. The second kappa shape index (κ2) is 7.61. The van der Waals surface area contributed by atoms with E-state index in [1.165, 1.54) is 31.7 Å². The summed E-state index contributed by atoms with van der Waals surface area (Å²) in [7, 11) is 0. The first-order valence-corrected chi connectivity index (χ1v) is 7.38. The van der Waals surface area contributed by atoms with Crippen molar-refractivity contribution in [2.75, 3.05) is 13.1 Å². The van der Waals surface area contributed by atoms with E-state index < -0.39 is 0 Å². The van der Waals surface area contributed by atoms with Gasteiger partial charge in [-0.25, -0.2) is 4.39 Å². The number of rotatable bonds is 7. The predicted octanol–water partition coefficient (Wildman–Crippen LogP) is 2.90. The Bertz CT molecular complexity index is 377. The molecule has 0 aromatic heterocycles. The van der Waals surface area contributed by atoms with E-state index in [0.29, 0.717) is 25.4 Å². The Hall–Kier alpha value is -0.930. The molecule has 1 aliphatic carbocycles. The standard InChI is InChI=1S/C16H24FNO/c17-16-8-4-3-7-14(16)9-10-18-12-15(19)11-13-5-1-2-6-13/h3-4,7-8,13,15,18-19H,1-2,5-6,9-12H2. The first-order valence-electron chi connectivity index (χ1n) is 7.38. The summed E-state index contributed by atoms with van der Waals surface area (Å²) in [6.07, 6.45) is 6.49. The number of hydrogen-bond donors (Lipinski definition) is 2. The minimum Gasteiger partial charge on any atom is -0.392 e. The number of halogens is 1. The van der Waals surface area contributed by atoms with Gasteiger partial charge >= 0.3 is 0 Å². The molecule has 1 fully saturated rings. The van der Waals surface area contributed by atoms with E-state index in [1.54, 1.807) is 6.07 Å². The Morgan fingerprint density at radius 3 is 2.74 bits per heavy atom. The first kappa shape index (κ1) is 14.5. The average Bonchev–Trinajstić information content (AvgIpc) is 2.89. The highest BCUT2D eigenvalue weighted by Crippen LogP contribution is 2.28.